The number of urea groups is 1. The number of hydrogen-bond acceptors (Lipinski definition) is 4. The lowest BCUT2D eigenvalue weighted by molar-refractivity contribution is -0.144. The summed E-state index contributed by atoms with van der Waals surface area (Å²) in [5.74, 6) is -1.74. The number of hydrogen-bond donors (Lipinski definition) is 3. The SMILES string of the molecule is CNC(=O)C(C)CN(C)C(=O)NOCC(=O)O. The number of nitrogens with zero attached hydrogens (tertiary/aromatic N) is 1. The van der Waals surface area contributed by atoms with Crippen LogP contribution in [-0.2, 0) is 14.4 Å². The molecule has 0 aliphatic rings. The molecular formula is C9H17N3O5. The number of rotatable bonds is 6. The van der Waals surface area contributed by atoms with E-state index in [2.05, 4.69) is 10.2 Å². The predicted molar refractivity (Wildman–Crippen MR) is 58.0 cm³/mol. The van der Waals surface area contributed by atoms with E-state index in [1.54, 1.807) is 6.92 Å². The van der Waals surface area contributed by atoms with Crippen molar-refractivity contribution in [2.45, 2.75) is 6.92 Å². The standard InChI is InChI=1S/C9H17N3O5/c1-6(8(15)10-2)4-12(3)9(16)11-17-5-7(13)14/h6H,4-5H2,1-3H3,(H,10,15)(H,11,16)(H,13,14). The fourth-order valence-corrected chi connectivity index (χ4v) is 1.06. The topological polar surface area (TPSA) is 108 Å². The van der Waals surface area contributed by atoms with Crippen LogP contribution in [-0.4, -0.2) is 55.2 Å². The van der Waals surface area contributed by atoms with Gasteiger partial charge in [0, 0.05) is 20.6 Å². The first kappa shape index (κ1) is 15.2. The molecule has 3 amide bonds. The first-order valence-electron chi connectivity index (χ1n) is 4.94. The fraction of sp³-hybridized carbons (Fsp3) is 0.667. The molecule has 0 heterocycles. The third-order valence-electron chi connectivity index (χ3n) is 1.94. The molecule has 0 aliphatic carbocycles. The van der Waals surface area contributed by atoms with Gasteiger partial charge in [-0.25, -0.2) is 15.1 Å². The Morgan fingerprint density at radius 2 is 2.00 bits per heavy atom. The highest BCUT2D eigenvalue weighted by atomic mass is 16.7. The molecule has 8 nitrogen and oxygen atoms in total. The average Bonchev–Trinajstić information content (AvgIpc) is 2.26. The molecule has 0 spiro atoms. The van der Waals surface area contributed by atoms with Crippen LogP contribution in [0.3, 0.4) is 0 Å². The minimum Gasteiger partial charge on any atom is -0.479 e. The van der Waals surface area contributed by atoms with E-state index < -0.39 is 18.6 Å². The van der Waals surface area contributed by atoms with Gasteiger partial charge in [-0.15, -0.1) is 0 Å². The number of aliphatic carboxylic acids is 1. The normalized spacial score (nSPS) is 11.5. The summed E-state index contributed by atoms with van der Waals surface area (Å²) in [6.07, 6.45) is 0. The molecule has 0 aliphatic heterocycles. The van der Waals surface area contributed by atoms with Gasteiger partial charge in [-0.2, -0.15) is 0 Å². The molecular weight excluding hydrogens is 230 g/mol. The maximum absolute atomic E-state index is 11.3. The first-order valence-corrected chi connectivity index (χ1v) is 4.94. The Bertz CT molecular complexity index is 294. The minimum absolute atomic E-state index is 0.184. The number of amides is 3. The van der Waals surface area contributed by atoms with Crippen LogP contribution in [0.5, 0.6) is 0 Å². The van der Waals surface area contributed by atoms with Gasteiger partial charge in [0.15, 0.2) is 6.61 Å². The van der Waals surface area contributed by atoms with E-state index in [0.717, 1.165) is 0 Å². The largest absolute Gasteiger partial charge is 0.479 e. The number of nitrogens with one attached hydrogen (secondary N) is 2. The van der Waals surface area contributed by atoms with Crippen molar-refractivity contribution in [2.75, 3.05) is 27.2 Å². The molecule has 0 saturated carbocycles. The number of carbonyl (C=O) groups is 3. The molecule has 0 rings (SSSR count). The van der Waals surface area contributed by atoms with Crippen LogP contribution >= 0.6 is 0 Å². The van der Waals surface area contributed by atoms with E-state index in [-0.39, 0.29) is 18.4 Å². The second-order valence-corrected chi connectivity index (χ2v) is 3.49. The molecule has 0 aromatic rings. The maximum Gasteiger partial charge on any atom is 0.341 e. The monoisotopic (exact) mass is 247 g/mol. The average molecular weight is 247 g/mol. The summed E-state index contributed by atoms with van der Waals surface area (Å²) in [7, 11) is 2.98. The molecule has 0 aromatic carbocycles. The maximum atomic E-state index is 11.3. The van der Waals surface area contributed by atoms with Gasteiger partial charge < -0.3 is 15.3 Å². The minimum atomic E-state index is -1.19. The molecule has 0 radical (unpaired) electrons. The highest BCUT2D eigenvalue weighted by molar-refractivity contribution is 5.79. The Kier molecular flexibility index (Phi) is 6.64. The highest BCUT2D eigenvalue weighted by Gasteiger charge is 2.17. The molecule has 1 atom stereocenters. The van der Waals surface area contributed by atoms with Crippen LogP contribution in [0, 0.1) is 5.92 Å². The molecule has 0 aromatic heterocycles. The molecule has 0 saturated heterocycles. The Morgan fingerprint density at radius 1 is 1.41 bits per heavy atom. The van der Waals surface area contributed by atoms with Gasteiger partial charge in [0.25, 0.3) is 0 Å². The third-order valence-corrected chi connectivity index (χ3v) is 1.94. The lowest BCUT2D eigenvalue weighted by Gasteiger charge is -2.20. The van der Waals surface area contributed by atoms with Gasteiger partial charge in [-0.1, -0.05) is 6.92 Å². The predicted octanol–water partition coefficient (Wildman–Crippen LogP) is -0.974. The molecule has 0 fully saturated rings. The number of hydroxylamine groups is 1. The number of carbonyl (C=O) groups excluding carboxylic acids is 2. The Hall–Kier alpha value is -1.83. The summed E-state index contributed by atoms with van der Waals surface area (Å²) in [4.78, 5) is 38.3. The van der Waals surface area contributed by atoms with E-state index in [9.17, 15) is 14.4 Å². The van der Waals surface area contributed by atoms with Crippen LogP contribution in [0.25, 0.3) is 0 Å². The van der Waals surface area contributed by atoms with E-state index in [0.29, 0.717) is 0 Å². The third kappa shape index (κ3) is 6.36. The Labute approximate surface area is 98.9 Å². The van der Waals surface area contributed by atoms with Gasteiger partial charge in [-0.05, 0) is 0 Å². The molecule has 8 heteroatoms. The van der Waals surface area contributed by atoms with Gasteiger partial charge >= 0.3 is 12.0 Å². The molecule has 98 valence electrons. The van der Waals surface area contributed by atoms with Crippen LogP contribution in [0.4, 0.5) is 4.79 Å². The van der Waals surface area contributed by atoms with Crippen molar-refractivity contribution in [3.63, 3.8) is 0 Å². The summed E-state index contributed by atoms with van der Waals surface area (Å²) in [5.41, 5.74) is 1.95. The summed E-state index contributed by atoms with van der Waals surface area (Å²) in [6, 6.07) is -0.609. The van der Waals surface area contributed by atoms with E-state index >= 15 is 0 Å². The Morgan fingerprint density at radius 3 is 2.47 bits per heavy atom. The van der Waals surface area contributed by atoms with Crippen LogP contribution in [0.15, 0.2) is 0 Å². The van der Waals surface area contributed by atoms with Gasteiger partial charge in [0.1, 0.15) is 0 Å². The van der Waals surface area contributed by atoms with Crippen molar-refractivity contribution in [3.8, 4) is 0 Å². The highest BCUT2D eigenvalue weighted by Crippen LogP contribution is 1.98. The fourth-order valence-electron chi connectivity index (χ4n) is 1.06. The van der Waals surface area contributed by atoms with Crippen molar-refractivity contribution in [1.29, 1.82) is 0 Å². The summed E-state index contributed by atoms with van der Waals surface area (Å²) in [6.45, 7) is 1.24. The second-order valence-electron chi connectivity index (χ2n) is 3.49. The molecule has 3 N–H and O–H groups in total. The van der Waals surface area contributed by atoms with E-state index in [4.69, 9.17) is 5.11 Å². The van der Waals surface area contributed by atoms with Crippen molar-refractivity contribution < 1.29 is 24.3 Å². The van der Waals surface area contributed by atoms with Crippen molar-refractivity contribution in [1.82, 2.24) is 15.7 Å². The van der Waals surface area contributed by atoms with E-state index in [1.807, 2.05) is 5.48 Å². The number of carboxylic acid groups (broad SMARTS) is 1. The summed E-state index contributed by atoms with van der Waals surface area (Å²) >= 11 is 0. The van der Waals surface area contributed by atoms with Gasteiger partial charge in [0.05, 0.1) is 5.92 Å². The summed E-state index contributed by atoms with van der Waals surface area (Å²) in [5, 5.41) is 10.7. The van der Waals surface area contributed by atoms with Crippen LogP contribution in [0.1, 0.15) is 6.92 Å². The zero-order valence-electron chi connectivity index (χ0n) is 10.0. The summed E-state index contributed by atoms with van der Waals surface area (Å²) < 4.78 is 0. The van der Waals surface area contributed by atoms with Crippen LogP contribution in [0.2, 0.25) is 0 Å². The zero-order valence-corrected chi connectivity index (χ0v) is 10.0. The van der Waals surface area contributed by atoms with Crippen LogP contribution < -0.4 is 10.8 Å². The van der Waals surface area contributed by atoms with E-state index in [1.165, 1.54) is 19.0 Å². The van der Waals surface area contributed by atoms with Crippen molar-refractivity contribution in [2.24, 2.45) is 5.92 Å². The lowest BCUT2D eigenvalue weighted by atomic mass is 10.1. The van der Waals surface area contributed by atoms with Crippen molar-refractivity contribution >= 4 is 17.9 Å². The second kappa shape index (κ2) is 7.44. The van der Waals surface area contributed by atoms with Gasteiger partial charge in [0.2, 0.25) is 5.91 Å². The molecule has 17 heavy (non-hydrogen) atoms. The Balaban J connectivity index is 3.96. The molecule has 1 unspecified atom stereocenters. The quantitative estimate of drug-likeness (QED) is 0.523. The first-order chi connectivity index (χ1) is 7.88. The zero-order chi connectivity index (χ0) is 13.4. The van der Waals surface area contributed by atoms with Crippen molar-refractivity contribution in [3.05, 3.63) is 0 Å². The lowest BCUT2D eigenvalue weighted by Crippen LogP contribution is -2.42. The van der Waals surface area contributed by atoms with Gasteiger partial charge in [-0.3, -0.25) is 9.63 Å². The molecule has 0 bridgehead atoms. The number of carboxylic acids is 1. The smallest absolute Gasteiger partial charge is 0.341 e.